The summed E-state index contributed by atoms with van der Waals surface area (Å²) in [6.45, 7) is 12.1. The molecule has 192 valence electrons. The van der Waals surface area contributed by atoms with E-state index in [0.717, 1.165) is 77.7 Å². The molecule has 0 atom stereocenters. The van der Waals surface area contributed by atoms with E-state index in [1.54, 1.807) is 15.4 Å². The first-order chi connectivity index (χ1) is 18.4. The van der Waals surface area contributed by atoms with Crippen LogP contribution in [-0.4, -0.2) is 72.1 Å². The molecule has 0 unspecified atom stereocenters. The number of piperazine rings is 1. The Morgan fingerprint density at radius 1 is 1.05 bits per heavy atom. The van der Waals surface area contributed by atoms with Gasteiger partial charge < -0.3 is 4.90 Å². The van der Waals surface area contributed by atoms with Gasteiger partial charge in [0.15, 0.2) is 0 Å². The van der Waals surface area contributed by atoms with Gasteiger partial charge in [-0.2, -0.15) is 15.5 Å². The van der Waals surface area contributed by atoms with Crippen molar-refractivity contribution in [1.82, 2.24) is 39.2 Å². The lowest BCUT2D eigenvalue weighted by Gasteiger charge is -2.35. The van der Waals surface area contributed by atoms with Crippen LogP contribution in [0.1, 0.15) is 29.4 Å². The van der Waals surface area contributed by atoms with Crippen LogP contribution in [0.3, 0.4) is 0 Å². The molecule has 1 fully saturated rings. The molecule has 1 aliphatic rings. The maximum Gasteiger partial charge on any atom is 0.127 e. The van der Waals surface area contributed by atoms with Crippen LogP contribution >= 0.6 is 0 Å². The molecule has 5 heterocycles. The number of pyridine rings is 1. The van der Waals surface area contributed by atoms with Gasteiger partial charge in [0.1, 0.15) is 11.9 Å². The highest BCUT2D eigenvalue weighted by atomic mass is 15.3. The van der Waals surface area contributed by atoms with Gasteiger partial charge in [-0.15, -0.1) is 0 Å². The van der Waals surface area contributed by atoms with Crippen molar-refractivity contribution >= 4 is 17.8 Å². The van der Waals surface area contributed by atoms with Gasteiger partial charge in [-0.05, 0) is 38.3 Å². The molecule has 4 aromatic rings. The van der Waals surface area contributed by atoms with Gasteiger partial charge in [-0.25, -0.2) is 9.51 Å². The monoisotopic (exact) mass is 506 g/mol. The number of hydrogen-bond donors (Lipinski definition) is 0. The summed E-state index contributed by atoms with van der Waals surface area (Å²) < 4.78 is 3.53. The van der Waals surface area contributed by atoms with E-state index < -0.39 is 0 Å². The second-order valence-electron chi connectivity index (χ2n) is 9.45. The minimum atomic E-state index is 0.533. The third kappa shape index (κ3) is 5.23. The van der Waals surface area contributed by atoms with Gasteiger partial charge in [0, 0.05) is 81.2 Å². The fourth-order valence-corrected chi connectivity index (χ4v) is 4.64. The van der Waals surface area contributed by atoms with Crippen molar-refractivity contribution in [3.63, 3.8) is 0 Å². The van der Waals surface area contributed by atoms with Crippen molar-refractivity contribution in [2.45, 2.75) is 20.4 Å². The average Bonchev–Trinajstić information content (AvgIpc) is 3.56. The largest absolute Gasteiger partial charge is 0.354 e. The third-order valence-electron chi connectivity index (χ3n) is 6.76. The number of nitriles is 1. The summed E-state index contributed by atoms with van der Waals surface area (Å²) in [6.07, 6.45) is 15.0. The number of hydrogen-bond acceptors (Lipinski definition) is 8. The van der Waals surface area contributed by atoms with Crippen molar-refractivity contribution in [2.24, 2.45) is 12.0 Å². The van der Waals surface area contributed by atoms with Crippen LogP contribution < -0.4 is 0 Å². The van der Waals surface area contributed by atoms with Gasteiger partial charge in [-0.1, -0.05) is 6.08 Å². The van der Waals surface area contributed by atoms with Crippen LogP contribution in [0, 0.1) is 18.3 Å². The molecule has 0 aromatic carbocycles. The smallest absolute Gasteiger partial charge is 0.127 e. The molecule has 0 spiro atoms. The van der Waals surface area contributed by atoms with Crippen LogP contribution in [0.2, 0.25) is 0 Å². The highest BCUT2D eigenvalue weighted by molar-refractivity contribution is 5.84. The van der Waals surface area contributed by atoms with E-state index in [4.69, 9.17) is 0 Å². The van der Waals surface area contributed by atoms with E-state index in [9.17, 15) is 5.26 Å². The number of aliphatic imine (C=N–C) groups is 1. The summed E-state index contributed by atoms with van der Waals surface area (Å²) in [7, 11) is 1.89. The lowest BCUT2D eigenvalue weighted by molar-refractivity contribution is 0.150. The first-order valence-electron chi connectivity index (χ1n) is 12.5. The number of aryl methyl sites for hydroxylation is 2. The summed E-state index contributed by atoms with van der Waals surface area (Å²) in [4.78, 5) is 17.8. The molecule has 0 aliphatic carbocycles. The zero-order valence-corrected chi connectivity index (χ0v) is 21.9. The SMILES string of the molecule is C=N/C(=C\C=C(/C)c1cc(-c2cnn(C)c2)cn2ncc(C#N)c12)N1CCN(Cc2cnc(C)cn2)CC1. The normalized spacial score (nSPS) is 15.2. The van der Waals surface area contributed by atoms with Crippen LogP contribution in [0.15, 0.2) is 66.2 Å². The van der Waals surface area contributed by atoms with Gasteiger partial charge in [0.05, 0.1) is 34.9 Å². The van der Waals surface area contributed by atoms with E-state index in [2.05, 4.69) is 53.8 Å². The molecule has 10 heteroatoms. The maximum atomic E-state index is 9.68. The second-order valence-corrected chi connectivity index (χ2v) is 9.45. The van der Waals surface area contributed by atoms with Gasteiger partial charge in [0.25, 0.3) is 0 Å². The number of allylic oxidation sites excluding steroid dienone is 3. The van der Waals surface area contributed by atoms with Crippen LogP contribution in [0.4, 0.5) is 0 Å². The first-order valence-corrected chi connectivity index (χ1v) is 12.5. The molecule has 0 saturated carbocycles. The summed E-state index contributed by atoms with van der Waals surface area (Å²) in [5.74, 6) is 0.826. The molecule has 1 aliphatic heterocycles. The molecule has 5 rings (SSSR count). The molecule has 0 amide bonds. The summed E-state index contributed by atoms with van der Waals surface area (Å²) in [6, 6.07) is 4.35. The Kier molecular flexibility index (Phi) is 7.11. The molecule has 1 saturated heterocycles. The minimum absolute atomic E-state index is 0.533. The number of nitrogens with zero attached hydrogens (tertiary/aromatic N) is 10. The Bertz CT molecular complexity index is 1560. The number of fused-ring (bicyclic) bond motifs is 1. The fourth-order valence-electron chi connectivity index (χ4n) is 4.64. The Hall–Kier alpha value is -4.62. The zero-order chi connectivity index (χ0) is 26.6. The molecular weight excluding hydrogens is 476 g/mol. The van der Waals surface area contributed by atoms with Crippen molar-refractivity contribution < 1.29 is 0 Å². The Labute approximate surface area is 221 Å². The Balaban J connectivity index is 1.37. The Morgan fingerprint density at radius 3 is 2.53 bits per heavy atom. The molecule has 4 aromatic heterocycles. The predicted octanol–water partition coefficient (Wildman–Crippen LogP) is 3.47. The number of rotatable bonds is 7. The van der Waals surface area contributed by atoms with Crippen LogP contribution in [0.5, 0.6) is 0 Å². The fraction of sp³-hybridized carbons (Fsp3) is 0.286. The van der Waals surface area contributed by atoms with Crippen molar-refractivity contribution in [2.75, 3.05) is 26.2 Å². The van der Waals surface area contributed by atoms with Gasteiger partial charge >= 0.3 is 0 Å². The summed E-state index contributed by atoms with van der Waals surface area (Å²) in [5, 5.41) is 18.4. The molecule has 10 nitrogen and oxygen atoms in total. The summed E-state index contributed by atoms with van der Waals surface area (Å²) >= 11 is 0. The topological polar surface area (TPSA) is 104 Å². The van der Waals surface area contributed by atoms with Crippen LogP contribution in [-0.2, 0) is 13.6 Å². The maximum absolute atomic E-state index is 9.68. The molecule has 0 bridgehead atoms. The molecule has 0 radical (unpaired) electrons. The summed E-state index contributed by atoms with van der Waals surface area (Å²) in [5.41, 5.74) is 7.11. The van der Waals surface area contributed by atoms with Crippen molar-refractivity contribution in [3.8, 4) is 17.2 Å². The average molecular weight is 507 g/mol. The van der Waals surface area contributed by atoms with Gasteiger partial charge in [0.2, 0.25) is 0 Å². The van der Waals surface area contributed by atoms with Crippen molar-refractivity contribution in [3.05, 3.63) is 83.7 Å². The van der Waals surface area contributed by atoms with E-state index in [0.29, 0.717) is 5.56 Å². The number of aromatic nitrogens is 6. The quantitative estimate of drug-likeness (QED) is 0.279. The minimum Gasteiger partial charge on any atom is -0.354 e. The molecular formula is C28H30N10. The predicted molar refractivity (Wildman–Crippen MR) is 147 cm³/mol. The first kappa shape index (κ1) is 25.0. The molecule has 0 N–H and O–H groups in total. The molecule has 38 heavy (non-hydrogen) atoms. The van der Waals surface area contributed by atoms with E-state index in [-0.39, 0.29) is 0 Å². The lowest BCUT2D eigenvalue weighted by Crippen LogP contribution is -2.45. The van der Waals surface area contributed by atoms with Crippen LogP contribution in [0.25, 0.3) is 22.2 Å². The zero-order valence-electron chi connectivity index (χ0n) is 21.9. The van der Waals surface area contributed by atoms with Gasteiger partial charge in [-0.3, -0.25) is 19.5 Å². The van der Waals surface area contributed by atoms with E-state index >= 15 is 0 Å². The van der Waals surface area contributed by atoms with Crippen molar-refractivity contribution in [1.29, 1.82) is 5.26 Å². The standard InChI is InChI=1S/C28H30N10/c1-20(26-11-22(24-15-33-35(4)17-24)18-38-28(26)23(12-29)14-34-38)5-6-27(30-3)37-9-7-36(8-10-37)19-25-16-31-21(2)13-32-25/h5-6,11,13-18H,3,7-10,19H2,1-2,4H3/b20-5+,27-6+. The lowest BCUT2D eigenvalue weighted by atomic mass is 10.0. The third-order valence-corrected chi connectivity index (χ3v) is 6.76. The second kappa shape index (κ2) is 10.8. The Morgan fingerprint density at radius 2 is 1.87 bits per heavy atom. The van der Waals surface area contributed by atoms with E-state index in [1.807, 2.05) is 64.0 Å². The highest BCUT2D eigenvalue weighted by Crippen LogP contribution is 2.29. The highest BCUT2D eigenvalue weighted by Gasteiger charge is 2.19. The van der Waals surface area contributed by atoms with E-state index in [1.165, 1.54) is 0 Å².